The van der Waals surface area contributed by atoms with Gasteiger partial charge in [0.25, 0.3) is 5.91 Å². The molecule has 5 heteroatoms. The van der Waals surface area contributed by atoms with Gasteiger partial charge in [-0.15, -0.1) is 0 Å². The smallest absolute Gasteiger partial charge is 0.269 e. The van der Waals surface area contributed by atoms with E-state index in [1.165, 1.54) is 5.56 Å². The Labute approximate surface area is 123 Å². The summed E-state index contributed by atoms with van der Waals surface area (Å²) in [4.78, 5) is 15.5. The number of nitrogens with zero attached hydrogens (tertiary/aromatic N) is 1. The summed E-state index contributed by atoms with van der Waals surface area (Å²) < 4.78 is 0. The number of halogens is 1. The molecule has 2 aromatic rings. The van der Waals surface area contributed by atoms with Gasteiger partial charge in [-0.3, -0.25) is 9.78 Å². The minimum Gasteiger partial charge on any atom is -0.385 e. The Hall–Kier alpha value is -2.07. The molecule has 0 saturated heterocycles. The molecular formula is C15H16ClN3O. The number of carbonyl (C=O) groups is 1. The molecule has 0 unspecified atom stereocenters. The highest BCUT2D eigenvalue weighted by Crippen LogP contribution is 2.11. The maximum absolute atomic E-state index is 11.5. The van der Waals surface area contributed by atoms with Gasteiger partial charge in [-0.2, -0.15) is 0 Å². The Bertz CT molecular complexity index is 584. The Morgan fingerprint density at radius 2 is 2.00 bits per heavy atom. The van der Waals surface area contributed by atoms with Crippen LogP contribution in [0.4, 0.5) is 5.69 Å². The van der Waals surface area contributed by atoms with Crippen LogP contribution in [-0.2, 0) is 6.42 Å². The van der Waals surface area contributed by atoms with Crippen LogP contribution in [0.15, 0.2) is 42.6 Å². The molecule has 0 aliphatic carbocycles. The monoisotopic (exact) mass is 289 g/mol. The van der Waals surface area contributed by atoms with Crippen LogP contribution < -0.4 is 10.6 Å². The number of rotatable bonds is 5. The van der Waals surface area contributed by atoms with Crippen LogP contribution in [0.25, 0.3) is 0 Å². The van der Waals surface area contributed by atoms with Gasteiger partial charge in [0.1, 0.15) is 5.69 Å². The Balaban J connectivity index is 1.91. The van der Waals surface area contributed by atoms with Crippen molar-refractivity contribution in [3.63, 3.8) is 0 Å². The molecule has 2 N–H and O–H groups in total. The van der Waals surface area contributed by atoms with Crippen molar-refractivity contribution in [3.05, 3.63) is 58.9 Å². The van der Waals surface area contributed by atoms with E-state index in [1.54, 1.807) is 19.3 Å². The van der Waals surface area contributed by atoms with E-state index < -0.39 is 0 Å². The zero-order valence-electron chi connectivity index (χ0n) is 11.2. The minimum absolute atomic E-state index is 0.189. The summed E-state index contributed by atoms with van der Waals surface area (Å²) in [5.41, 5.74) is 2.50. The maximum Gasteiger partial charge on any atom is 0.269 e. The highest BCUT2D eigenvalue weighted by molar-refractivity contribution is 6.30. The van der Waals surface area contributed by atoms with Crippen molar-refractivity contribution in [1.82, 2.24) is 10.3 Å². The fraction of sp³-hybridized carbons (Fsp3) is 0.200. The van der Waals surface area contributed by atoms with Crippen molar-refractivity contribution in [3.8, 4) is 0 Å². The normalized spacial score (nSPS) is 10.1. The zero-order chi connectivity index (χ0) is 14.4. The summed E-state index contributed by atoms with van der Waals surface area (Å²) in [5.74, 6) is -0.189. The second-order valence-corrected chi connectivity index (χ2v) is 4.75. The van der Waals surface area contributed by atoms with Gasteiger partial charge >= 0.3 is 0 Å². The van der Waals surface area contributed by atoms with Crippen LogP contribution in [-0.4, -0.2) is 24.5 Å². The number of amides is 1. The molecule has 20 heavy (non-hydrogen) atoms. The third kappa shape index (κ3) is 3.96. The van der Waals surface area contributed by atoms with Crippen molar-refractivity contribution < 1.29 is 4.79 Å². The number of hydrogen-bond donors (Lipinski definition) is 2. The fourth-order valence-electron chi connectivity index (χ4n) is 1.79. The number of nitrogens with one attached hydrogen (secondary N) is 2. The van der Waals surface area contributed by atoms with Crippen LogP contribution in [0.5, 0.6) is 0 Å². The van der Waals surface area contributed by atoms with Crippen LogP contribution in [0.1, 0.15) is 16.1 Å². The molecule has 0 aliphatic rings. The lowest BCUT2D eigenvalue weighted by molar-refractivity contribution is 0.0958. The molecule has 104 valence electrons. The van der Waals surface area contributed by atoms with Gasteiger partial charge in [-0.1, -0.05) is 23.7 Å². The van der Waals surface area contributed by atoms with E-state index in [1.807, 2.05) is 30.3 Å². The average molecular weight is 290 g/mol. The van der Waals surface area contributed by atoms with Crippen LogP contribution >= 0.6 is 11.6 Å². The van der Waals surface area contributed by atoms with Gasteiger partial charge in [0.05, 0.1) is 0 Å². The topological polar surface area (TPSA) is 54.0 Å². The lowest BCUT2D eigenvalue weighted by Crippen LogP contribution is -2.19. The van der Waals surface area contributed by atoms with E-state index in [0.29, 0.717) is 5.69 Å². The van der Waals surface area contributed by atoms with E-state index in [2.05, 4.69) is 15.6 Å². The molecule has 1 heterocycles. The van der Waals surface area contributed by atoms with Crippen molar-refractivity contribution in [2.75, 3.05) is 18.9 Å². The molecule has 4 nitrogen and oxygen atoms in total. The van der Waals surface area contributed by atoms with Crippen LogP contribution in [0, 0.1) is 0 Å². The fourth-order valence-corrected chi connectivity index (χ4v) is 1.92. The summed E-state index contributed by atoms with van der Waals surface area (Å²) in [5, 5.41) is 6.57. The molecule has 1 aromatic carbocycles. The van der Waals surface area contributed by atoms with Gasteiger partial charge in [-0.25, -0.2) is 0 Å². The second-order valence-electron chi connectivity index (χ2n) is 4.31. The number of carbonyl (C=O) groups excluding carboxylic acids is 1. The maximum atomic E-state index is 11.5. The number of aromatic nitrogens is 1. The quantitative estimate of drug-likeness (QED) is 0.890. The Morgan fingerprint density at radius 3 is 2.70 bits per heavy atom. The van der Waals surface area contributed by atoms with E-state index in [9.17, 15) is 4.79 Å². The van der Waals surface area contributed by atoms with Crippen molar-refractivity contribution in [2.24, 2.45) is 0 Å². The van der Waals surface area contributed by atoms with E-state index in [-0.39, 0.29) is 5.91 Å². The predicted molar refractivity (Wildman–Crippen MR) is 81.3 cm³/mol. The average Bonchev–Trinajstić information content (AvgIpc) is 2.49. The van der Waals surface area contributed by atoms with Gasteiger partial charge in [0.15, 0.2) is 0 Å². The number of anilines is 1. The predicted octanol–water partition coefficient (Wildman–Crippen LogP) is 2.75. The largest absolute Gasteiger partial charge is 0.385 e. The molecule has 1 amide bonds. The second kappa shape index (κ2) is 6.91. The van der Waals surface area contributed by atoms with E-state index in [4.69, 9.17) is 11.6 Å². The molecule has 0 saturated carbocycles. The first-order valence-corrected chi connectivity index (χ1v) is 6.73. The molecule has 1 aromatic heterocycles. The molecule has 0 aliphatic heterocycles. The number of hydrogen-bond acceptors (Lipinski definition) is 3. The molecule has 0 atom stereocenters. The van der Waals surface area contributed by atoms with Crippen molar-refractivity contribution in [2.45, 2.75) is 6.42 Å². The zero-order valence-corrected chi connectivity index (χ0v) is 11.9. The van der Waals surface area contributed by atoms with E-state index in [0.717, 1.165) is 23.7 Å². The lowest BCUT2D eigenvalue weighted by atomic mass is 10.1. The SMILES string of the molecule is CNC(=O)c1cc(NCCc2ccc(Cl)cc2)ccn1. The molecule has 2 rings (SSSR count). The summed E-state index contributed by atoms with van der Waals surface area (Å²) in [7, 11) is 1.59. The summed E-state index contributed by atoms with van der Waals surface area (Å²) in [6.07, 6.45) is 2.50. The van der Waals surface area contributed by atoms with E-state index >= 15 is 0 Å². The molecular weight excluding hydrogens is 274 g/mol. The van der Waals surface area contributed by atoms with Crippen molar-refractivity contribution >= 4 is 23.2 Å². The lowest BCUT2D eigenvalue weighted by Gasteiger charge is -2.07. The van der Waals surface area contributed by atoms with Gasteiger partial charge in [0, 0.05) is 30.5 Å². The Kier molecular flexibility index (Phi) is 4.96. The molecule has 0 spiro atoms. The summed E-state index contributed by atoms with van der Waals surface area (Å²) in [6, 6.07) is 11.4. The highest BCUT2D eigenvalue weighted by Gasteiger charge is 2.04. The third-order valence-corrected chi connectivity index (χ3v) is 3.13. The van der Waals surface area contributed by atoms with Gasteiger partial charge < -0.3 is 10.6 Å². The first-order chi connectivity index (χ1) is 9.69. The standard InChI is InChI=1S/C15H16ClN3O/c1-17-15(20)14-10-13(7-9-19-14)18-8-6-11-2-4-12(16)5-3-11/h2-5,7,9-10H,6,8H2,1H3,(H,17,20)(H,18,19). The Morgan fingerprint density at radius 1 is 1.25 bits per heavy atom. The van der Waals surface area contributed by atoms with Crippen LogP contribution in [0.3, 0.4) is 0 Å². The summed E-state index contributed by atoms with van der Waals surface area (Å²) >= 11 is 5.84. The third-order valence-electron chi connectivity index (χ3n) is 2.88. The number of pyridine rings is 1. The molecule has 0 bridgehead atoms. The first-order valence-electron chi connectivity index (χ1n) is 6.35. The van der Waals surface area contributed by atoms with Crippen molar-refractivity contribution in [1.29, 1.82) is 0 Å². The summed E-state index contributed by atoms with van der Waals surface area (Å²) in [6.45, 7) is 0.777. The first kappa shape index (κ1) is 14.3. The minimum atomic E-state index is -0.189. The van der Waals surface area contributed by atoms with Gasteiger partial charge in [-0.05, 0) is 36.2 Å². The molecule has 0 radical (unpaired) electrons. The van der Waals surface area contributed by atoms with Crippen LogP contribution in [0.2, 0.25) is 5.02 Å². The molecule has 0 fully saturated rings. The van der Waals surface area contributed by atoms with Gasteiger partial charge in [0.2, 0.25) is 0 Å². The highest BCUT2D eigenvalue weighted by atomic mass is 35.5. The number of benzene rings is 1.